The van der Waals surface area contributed by atoms with Crippen molar-refractivity contribution in [3.8, 4) is 0 Å². The summed E-state index contributed by atoms with van der Waals surface area (Å²) in [6.45, 7) is 1.38. The van der Waals surface area contributed by atoms with Gasteiger partial charge in [0.05, 0.1) is 0 Å². The summed E-state index contributed by atoms with van der Waals surface area (Å²) in [6.07, 6.45) is 3.39. The molecule has 0 radical (unpaired) electrons. The summed E-state index contributed by atoms with van der Waals surface area (Å²) >= 11 is 0. The van der Waals surface area contributed by atoms with Gasteiger partial charge in [-0.05, 0) is 19.4 Å². The van der Waals surface area contributed by atoms with E-state index in [9.17, 15) is 0 Å². The number of rotatable bonds is 7. The first-order chi connectivity index (χ1) is 6.86. The maximum absolute atomic E-state index is 5.38. The van der Waals surface area contributed by atoms with E-state index >= 15 is 0 Å². The van der Waals surface area contributed by atoms with Crippen molar-refractivity contribution in [1.29, 1.82) is 0 Å². The molecule has 5 heteroatoms. The number of nitrogens with zero attached hydrogens (tertiary/aromatic N) is 2. The molecule has 0 bridgehead atoms. The van der Waals surface area contributed by atoms with Gasteiger partial charge in [-0.25, -0.2) is 0 Å². The summed E-state index contributed by atoms with van der Waals surface area (Å²) in [6, 6.07) is 0. The largest absolute Gasteiger partial charge is 0.385 e. The molecule has 5 nitrogen and oxygen atoms in total. The molecule has 0 atom stereocenters. The van der Waals surface area contributed by atoms with Crippen molar-refractivity contribution in [1.82, 2.24) is 10.1 Å². The van der Waals surface area contributed by atoms with Crippen LogP contribution < -0.4 is 5.73 Å². The molecular weight excluding hydrogens is 182 g/mol. The lowest BCUT2D eigenvalue weighted by atomic mass is 10.3. The van der Waals surface area contributed by atoms with Gasteiger partial charge < -0.3 is 15.0 Å². The fourth-order valence-corrected chi connectivity index (χ4v) is 1.12. The van der Waals surface area contributed by atoms with Crippen molar-refractivity contribution >= 4 is 0 Å². The molecule has 1 heterocycles. The van der Waals surface area contributed by atoms with Crippen LogP contribution in [0, 0.1) is 0 Å². The number of ether oxygens (including phenoxy) is 1. The summed E-state index contributed by atoms with van der Waals surface area (Å²) in [5, 5.41) is 3.85. The Morgan fingerprint density at radius 1 is 1.36 bits per heavy atom. The van der Waals surface area contributed by atoms with E-state index in [1.807, 2.05) is 0 Å². The molecule has 0 spiro atoms. The molecule has 1 aromatic rings. The molecule has 0 saturated carbocycles. The highest BCUT2D eigenvalue weighted by molar-refractivity contribution is 4.86. The van der Waals surface area contributed by atoms with Gasteiger partial charge in [0.2, 0.25) is 5.89 Å². The fourth-order valence-electron chi connectivity index (χ4n) is 1.12. The van der Waals surface area contributed by atoms with Crippen LogP contribution in [0.1, 0.15) is 24.6 Å². The Morgan fingerprint density at radius 3 is 2.93 bits per heavy atom. The molecule has 0 aliphatic rings. The zero-order valence-corrected chi connectivity index (χ0v) is 8.53. The van der Waals surface area contributed by atoms with Gasteiger partial charge in [0.15, 0.2) is 5.82 Å². The van der Waals surface area contributed by atoms with Gasteiger partial charge in [0.25, 0.3) is 0 Å². The highest BCUT2D eigenvalue weighted by Crippen LogP contribution is 2.02. The molecule has 1 rings (SSSR count). The van der Waals surface area contributed by atoms with Gasteiger partial charge in [-0.1, -0.05) is 5.16 Å². The Morgan fingerprint density at radius 2 is 2.21 bits per heavy atom. The lowest BCUT2D eigenvalue weighted by Gasteiger charge is -1.93. The van der Waals surface area contributed by atoms with E-state index in [1.165, 1.54) is 0 Å². The highest BCUT2D eigenvalue weighted by atomic mass is 16.5. The van der Waals surface area contributed by atoms with Gasteiger partial charge in [-0.2, -0.15) is 4.98 Å². The van der Waals surface area contributed by atoms with Gasteiger partial charge in [0, 0.05) is 26.6 Å². The molecule has 2 N–H and O–H groups in total. The van der Waals surface area contributed by atoms with Crippen LogP contribution in [-0.2, 0) is 17.6 Å². The number of hydrogen-bond acceptors (Lipinski definition) is 5. The third-order valence-electron chi connectivity index (χ3n) is 1.85. The predicted octanol–water partition coefficient (Wildman–Crippen LogP) is 0.540. The highest BCUT2D eigenvalue weighted by Gasteiger charge is 2.04. The van der Waals surface area contributed by atoms with E-state index in [4.69, 9.17) is 15.0 Å². The standard InChI is InChI=1S/C9H17N3O2/c1-13-7-3-5-9-11-8(12-14-9)4-2-6-10/h2-7,10H2,1H3. The lowest BCUT2D eigenvalue weighted by molar-refractivity contribution is 0.192. The van der Waals surface area contributed by atoms with Crippen molar-refractivity contribution in [3.05, 3.63) is 11.7 Å². The van der Waals surface area contributed by atoms with Crippen LogP contribution in [0.25, 0.3) is 0 Å². The predicted molar refractivity (Wildman–Crippen MR) is 51.9 cm³/mol. The fraction of sp³-hybridized carbons (Fsp3) is 0.778. The maximum Gasteiger partial charge on any atom is 0.226 e. The third-order valence-corrected chi connectivity index (χ3v) is 1.85. The van der Waals surface area contributed by atoms with E-state index in [-0.39, 0.29) is 0 Å². The van der Waals surface area contributed by atoms with E-state index < -0.39 is 0 Å². The third kappa shape index (κ3) is 3.85. The minimum Gasteiger partial charge on any atom is -0.385 e. The molecule has 1 aromatic heterocycles. The summed E-state index contributed by atoms with van der Waals surface area (Å²) in [7, 11) is 1.68. The van der Waals surface area contributed by atoms with Crippen molar-refractivity contribution in [2.75, 3.05) is 20.3 Å². The second-order valence-electron chi connectivity index (χ2n) is 3.09. The van der Waals surface area contributed by atoms with E-state index in [1.54, 1.807) is 7.11 Å². The number of nitrogens with two attached hydrogens (primary N) is 1. The van der Waals surface area contributed by atoms with E-state index in [0.29, 0.717) is 12.4 Å². The molecule has 80 valence electrons. The normalized spacial score (nSPS) is 10.7. The Kier molecular flexibility index (Phi) is 5.17. The minimum absolute atomic E-state index is 0.660. The summed E-state index contributed by atoms with van der Waals surface area (Å²) in [4.78, 5) is 4.23. The summed E-state index contributed by atoms with van der Waals surface area (Å²) in [5.74, 6) is 1.44. The van der Waals surface area contributed by atoms with Crippen LogP contribution in [0.2, 0.25) is 0 Å². The van der Waals surface area contributed by atoms with Crippen LogP contribution in [0.4, 0.5) is 0 Å². The van der Waals surface area contributed by atoms with Crippen LogP contribution in [-0.4, -0.2) is 30.4 Å². The Labute approximate surface area is 83.6 Å². The second-order valence-corrected chi connectivity index (χ2v) is 3.09. The first-order valence-electron chi connectivity index (χ1n) is 4.87. The number of aromatic nitrogens is 2. The van der Waals surface area contributed by atoms with Gasteiger partial charge in [-0.3, -0.25) is 0 Å². The molecule has 0 aromatic carbocycles. The van der Waals surface area contributed by atoms with Crippen molar-refractivity contribution in [3.63, 3.8) is 0 Å². The number of methoxy groups -OCH3 is 1. The molecule has 0 amide bonds. The Hall–Kier alpha value is -0.940. The molecule has 0 fully saturated rings. The van der Waals surface area contributed by atoms with E-state index in [2.05, 4.69) is 10.1 Å². The Balaban J connectivity index is 2.27. The maximum atomic E-state index is 5.38. The average Bonchev–Trinajstić information content (AvgIpc) is 2.63. The lowest BCUT2D eigenvalue weighted by Crippen LogP contribution is -2.01. The minimum atomic E-state index is 0.660. The van der Waals surface area contributed by atoms with E-state index in [0.717, 1.165) is 38.1 Å². The Bertz CT molecular complexity index is 250. The SMILES string of the molecule is COCCCc1nc(CCCN)no1. The van der Waals surface area contributed by atoms with Crippen molar-refractivity contribution in [2.45, 2.75) is 25.7 Å². The topological polar surface area (TPSA) is 74.2 Å². The van der Waals surface area contributed by atoms with Gasteiger partial charge in [-0.15, -0.1) is 0 Å². The molecule has 14 heavy (non-hydrogen) atoms. The molecule has 0 unspecified atom stereocenters. The number of hydrogen-bond donors (Lipinski definition) is 1. The molecule has 0 saturated heterocycles. The molecule has 0 aliphatic carbocycles. The van der Waals surface area contributed by atoms with Crippen molar-refractivity contribution < 1.29 is 9.26 Å². The zero-order valence-electron chi connectivity index (χ0n) is 8.53. The average molecular weight is 199 g/mol. The summed E-state index contributed by atoms with van der Waals surface area (Å²) < 4.78 is 9.98. The van der Waals surface area contributed by atoms with Gasteiger partial charge in [0.1, 0.15) is 0 Å². The smallest absolute Gasteiger partial charge is 0.226 e. The van der Waals surface area contributed by atoms with Crippen LogP contribution in [0.15, 0.2) is 4.52 Å². The zero-order chi connectivity index (χ0) is 10.2. The first-order valence-corrected chi connectivity index (χ1v) is 4.87. The van der Waals surface area contributed by atoms with Crippen LogP contribution in [0.5, 0.6) is 0 Å². The first kappa shape index (κ1) is 11.1. The summed E-state index contributed by atoms with van der Waals surface area (Å²) in [5.41, 5.74) is 5.38. The van der Waals surface area contributed by atoms with Gasteiger partial charge >= 0.3 is 0 Å². The number of aryl methyl sites for hydroxylation is 2. The molecule has 0 aliphatic heterocycles. The monoisotopic (exact) mass is 199 g/mol. The van der Waals surface area contributed by atoms with Crippen LogP contribution in [0.3, 0.4) is 0 Å². The second kappa shape index (κ2) is 6.50. The quantitative estimate of drug-likeness (QED) is 0.649. The molecular formula is C9H17N3O2. The van der Waals surface area contributed by atoms with Crippen LogP contribution >= 0.6 is 0 Å². The van der Waals surface area contributed by atoms with Crippen molar-refractivity contribution in [2.24, 2.45) is 5.73 Å².